The first-order valence-electron chi connectivity index (χ1n) is 16.2. The molecule has 0 unspecified atom stereocenters. The number of carbonyl (C=O) groups excluding carboxylic acids is 5. The van der Waals surface area contributed by atoms with Crippen molar-refractivity contribution in [1.82, 2.24) is 0 Å². The van der Waals surface area contributed by atoms with Crippen molar-refractivity contribution in [3.63, 3.8) is 0 Å². The minimum absolute atomic E-state index is 0.0231. The lowest BCUT2D eigenvalue weighted by Crippen LogP contribution is -2.71. The number of hydrogen-bond donors (Lipinski definition) is 2. The van der Waals surface area contributed by atoms with Gasteiger partial charge in [0.2, 0.25) is 0 Å². The summed E-state index contributed by atoms with van der Waals surface area (Å²) in [6.45, 7) is 13.9. The molecular formula is C35H44O13. The molecule has 1 saturated heterocycles. The molecule has 0 bridgehead atoms. The molecule has 0 spiro atoms. The largest absolute Gasteiger partial charge is 0.472 e. The van der Waals surface area contributed by atoms with Crippen LogP contribution in [0.4, 0.5) is 0 Å². The summed E-state index contributed by atoms with van der Waals surface area (Å²) in [6, 6.07) is 1.67. The lowest BCUT2D eigenvalue weighted by atomic mass is 9.47. The number of hydrogen-bond acceptors (Lipinski definition) is 13. The van der Waals surface area contributed by atoms with Gasteiger partial charge in [0.25, 0.3) is 6.47 Å². The molecule has 0 aromatic carbocycles. The van der Waals surface area contributed by atoms with Crippen LogP contribution < -0.4 is 0 Å². The molecule has 48 heavy (non-hydrogen) atoms. The van der Waals surface area contributed by atoms with Gasteiger partial charge in [-0.2, -0.15) is 0 Å². The van der Waals surface area contributed by atoms with Crippen molar-refractivity contribution in [2.24, 2.45) is 28.6 Å². The summed E-state index contributed by atoms with van der Waals surface area (Å²) in [4.78, 5) is 64.4. The van der Waals surface area contributed by atoms with Crippen LogP contribution in [0.5, 0.6) is 0 Å². The molecule has 2 saturated carbocycles. The number of furan rings is 1. The molecule has 13 nitrogen and oxygen atoms in total. The van der Waals surface area contributed by atoms with Crippen molar-refractivity contribution in [2.45, 2.75) is 102 Å². The molecule has 0 radical (unpaired) electrons. The first-order chi connectivity index (χ1) is 22.5. The van der Waals surface area contributed by atoms with Gasteiger partial charge < -0.3 is 38.3 Å². The maximum atomic E-state index is 13.7. The predicted octanol–water partition coefficient (Wildman–Crippen LogP) is 2.92. The fourth-order valence-electron chi connectivity index (χ4n) is 8.93. The molecule has 4 aliphatic rings. The van der Waals surface area contributed by atoms with Gasteiger partial charge in [0.05, 0.1) is 24.4 Å². The Labute approximate surface area is 278 Å². The molecule has 2 aliphatic heterocycles. The number of ether oxygens (including phenoxy) is 5. The number of fused-ring (bicyclic) bond motifs is 2. The molecule has 262 valence electrons. The van der Waals surface area contributed by atoms with Crippen molar-refractivity contribution in [3.8, 4) is 0 Å². The fraction of sp³-hybridized carbons (Fsp3) is 0.629. The molecule has 13 heteroatoms. The van der Waals surface area contributed by atoms with Crippen molar-refractivity contribution in [2.75, 3.05) is 6.61 Å². The molecule has 3 fully saturated rings. The van der Waals surface area contributed by atoms with E-state index in [0.717, 1.165) is 0 Å². The zero-order valence-corrected chi connectivity index (χ0v) is 28.0. The highest BCUT2D eigenvalue weighted by Crippen LogP contribution is 2.69. The quantitative estimate of drug-likeness (QED) is 0.169. The number of rotatable bonds is 9. The van der Waals surface area contributed by atoms with E-state index in [-0.39, 0.29) is 31.5 Å². The monoisotopic (exact) mass is 672 g/mol. The Morgan fingerprint density at radius 1 is 1.21 bits per heavy atom. The van der Waals surface area contributed by atoms with Gasteiger partial charge >= 0.3 is 23.9 Å². The Hall–Kier alpha value is -3.97. The van der Waals surface area contributed by atoms with Crippen LogP contribution in [-0.2, 0) is 47.7 Å². The van der Waals surface area contributed by atoms with Crippen LogP contribution in [0.1, 0.15) is 72.3 Å². The third-order valence-corrected chi connectivity index (χ3v) is 11.6. The van der Waals surface area contributed by atoms with E-state index in [2.05, 4.69) is 6.58 Å². The second-order valence-electron chi connectivity index (χ2n) is 14.2. The van der Waals surface area contributed by atoms with Crippen LogP contribution in [0.25, 0.3) is 0 Å². The highest BCUT2D eigenvalue weighted by atomic mass is 16.6. The second-order valence-corrected chi connectivity index (χ2v) is 14.2. The van der Waals surface area contributed by atoms with Gasteiger partial charge in [-0.3, -0.25) is 14.4 Å². The summed E-state index contributed by atoms with van der Waals surface area (Å²) in [5.41, 5.74) is -5.87. The normalized spacial score (nSPS) is 40.3. The molecule has 2 aliphatic carbocycles. The van der Waals surface area contributed by atoms with Crippen molar-refractivity contribution < 1.29 is 62.3 Å². The standard InChI is InChI=1S/C35H44O13/c1-8-18(2)28(40)31(41)47-30-29(45-17-36)27(32(5)11-9-25(38)48-33(6)16-44-26(39)14-23(32)33)19(3)35(42)24(46-20(4)37)13-22(34(30,35)7)21-10-12-43-15-21/h9-12,15,17-18,22-24,27-30,40,42H,3,8,13-14,16H2,1-2,4-7H3/t18-,22+,23-,24-,27+,28-,29+,30+,32-,33-,34+,35-/m1/s1. The Morgan fingerprint density at radius 3 is 2.52 bits per heavy atom. The molecule has 5 rings (SSSR count). The van der Waals surface area contributed by atoms with E-state index in [1.54, 1.807) is 40.7 Å². The summed E-state index contributed by atoms with van der Waals surface area (Å²) in [5, 5.41) is 24.2. The first-order valence-corrected chi connectivity index (χ1v) is 16.2. The third-order valence-electron chi connectivity index (χ3n) is 11.6. The predicted molar refractivity (Wildman–Crippen MR) is 164 cm³/mol. The maximum Gasteiger partial charge on any atom is 0.335 e. The summed E-state index contributed by atoms with van der Waals surface area (Å²) in [6.07, 6.45) is 0.145. The lowest BCUT2D eigenvalue weighted by molar-refractivity contribution is -0.243. The second kappa shape index (κ2) is 12.5. The van der Waals surface area contributed by atoms with E-state index >= 15 is 0 Å². The van der Waals surface area contributed by atoms with Crippen LogP contribution in [0.2, 0.25) is 0 Å². The van der Waals surface area contributed by atoms with Crippen molar-refractivity contribution >= 4 is 30.3 Å². The van der Waals surface area contributed by atoms with Crippen LogP contribution in [0, 0.1) is 28.6 Å². The zero-order chi connectivity index (χ0) is 35.4. The zero-order valence-electron chi connectivity index (χ0n) is 28.0. The summed E-state index contributed by atoms with van der Waals surface area (Å²) < 4.78 is 34.4. The Morgan fingerprint density at radius 2 is 1.92 bits per heavy atom. The van der Waals surface area contributed by atoms with Gasteiger partial charge in [-0.05, 0) is 36.5 Å². The van der Waals surface area contributed by atoms with Crippen molar-refractivity contribution in [3.05, 3.63) is 48.5 Å². The third kappa shape index (κ3) is 5.26. The number of carbonyl (C=O) groups is 5. The van der Waals surface area contributed by atoms with E-state index in [1.165, 1.54) is 31.6 Å². The molecule has 12 atom stereocenters. The molecule has 2 N–H and O–H groups in total. The van der Waals surface area contributed by atoms with Crippen LogP contribution in [-0.4, -0.2) is 82.8 Å². The van der Waals surface area contributed by atoms with E-state index in [1.807, 2.05) is 0 Å². The topological polar surface area (TPSA) is 185 Å². The van der Waals surface area contributed by atoms with E-state index in [9.17, 15) is 34.2 Å². The number of aliphatic hydroxyl groups excluding tert-OH is 1. The van der Waals surface area contributed by atoms with Gasteiger partial charge in [-0.1, -0.05) is 46.8 Å². The Kier molecular flexibility index (Phi) is 9.19. The minimum Gasteiger partial charge on any atom is -0.472 e. The van der Waals surface area contributed by atoms with Gasteiger partial charge in [-0.15, -0.1) is 0 Å². The average Bonchev–Trinajstić information content (AvgIpc) is 3.62. The molecular weight excluding hydrogens is 628 g/mol. The number of esters is 4. The molecule has 1 aromatic rings. The summed E-state index contributed by atoms with van der Waals surface area (Å²) in [5.74, 6) is -6.21. The van der Waals surface area contributed by atoms with Gasteiger partial charge in [-0.25, -0.2) is 9.59 Å². The molecule has 3 heterocycles. The molecule has 0 amide bonds. The smallest absolute Gasteiger partial charge is 0.335 e. The number of cyclic esters (lactones) is 1. The van der Waals surface area contributed by atoms with Crippen LogP contribution in [0.3, 0.4) is 0 Å². The van der Waals surface area contributed by atoms with Gasteiger partial charge in [0.15, 0.2) is 6.10 Å². The average molecular weight is 673 g/mol. The minimum atomic E-state index is -2.17. The highest BCUT2D eigenvalue weighted by molar-refractivity contribution is 5.83. The van der Waals surface area contributed by atoms with E-state index < -0.39 is 94.0 Å². The Balaban J connectivity index is 1.79. The molecule has 1 aromatic heterocycles. The first kappa shape index (κ1) is 35.3. The van der Waals surface area contributed by atoms with Crippen LogP contribution in [0.15, 0.2) is 47.3 Å². The van der Waals surface area contributed by atoms with Gasteiger partial charge in [0.1, 0.15) is 36.1 Å². The Bertz CT molecular complexity index is 1500. The maximum absolute atomic E-state index is 13.7. The fourth-order valence-corrected chi connectivity index (χ4v) is 8.93. The number of aliphatic hydroxyl groups is 2. The van der Waals surface area contributed by atoms with E-state index in [4.69, 9.17) is 28.1 Å². The highest BCUT2D eigenvalue weighted by Gasteiger charge is 2.77. The van der Waals surface area contributed by atoms with Gasteiger partial charge in [0, 0.05) is 36.2 Å². The van der Waals surface area contributed by atoms with E-state index in [0.29, 0.717) is 12.0 Å². The lowest BCUT2D eigenvalue weighted by Gasteiger charge is -2.61. The van der Waals surface area contributed by atoms with Crippen molar-refractivity contribution in [1.29, 1.82) is 0 Å². The summed E-state index contributed by atoms with van der Waals surface area (Å²) >= 11 is 0. The van der Waals surface area contributed by atoms with Crippen LogP contribution >= 0.6 is 0 Å². The summed E-state index contributed by atoms with van der Waals surface area (Å²) in [7, 11) is 0. The SMILES string of the molecule is C=C1[C@H]([C@]2(C)C=CC(=O)O[C@]3(C)COC(=O)C[C@H]23)[C@H](OC=O)[C@H](OC(=O)[C@H](O)[C@H](C)CC)[C@]2(C)[C@H](c3ccoc3)C[C@@H](OC(C)=O)[C@]12O. The number of allylic oxidation sites excluding steroid dienone is 1.